The van der Waals surface area contributed by atoms with Crippen LogP contribution in [0.1, 0.15) is 18.9 Å². The average molecular weight is 412 g/mol. The smallest absolute Gasteiger partial charge is 0.417 e. The van der Waals surface area contributed by atoms with Crippen molar-refractivity contribution in [2.45, 2.75) is 26.1 Å². The summed E-state index contributed by atoms with van der Waals surface area (Å²) in [6.07, 6.45) is -3.62. The van der Waals surface area contributed by atoms with Gasteiger partial charge >= 0.3 is 12.1 Å². The number of amides is 2. The highest BCUT2D eigenvalue weighted by atomic mass is 35.5. The van der Waals surface area contributed by atoms with E-state index in [9.17, 15) is 32.3 Å². The van der Waals surface area contributed by atoms with Gasteiger partial charge in [-0.15, -0.1) is 0 Å². The Morgan fingerprint density at radius 1 is 1.22 bits per heavy atom. The van der Waals surface area contributed by atoms with Crippen molar-refractivity contribution in [2.75, 3.05) is 19.7 Å². The van der Waals surface area contributed by atoms with Crippen LogP contribution in [0, 0.1) is 0 Å². The van der Waals surface area contributed by atoms with Crippen molar-refractivity contribution >= 4 is 29.4 Å². The Balaban J connectivity index is 2.58. The number of hydrogen-bond acceptors (Lipinski definition) is 5. The summed E-state index contributed by atoms with van der Waals surface area (Å²) < 4.78 is 43.2. The van der Waals surface area contributed by atoms with E-state index in [0.29, 0.717) is 23.4 Å². The van der Waals surface area contributed by atoms with Gasteiger partial charge in [-0.25, -0.2) is 0 Å². The van der Waals surface area contributed by atoms with Gasteiger partial charge in [-0.3, -0.25) is 19.2 Å². The molecule has 0 bridgehead atoms. The van der Waals surface area contributed by atoms with Gasteiger partial charge in [0.1, 0.15) is 11.6 Å². The molecule has 0 aromatic carbocycles. The fourth-order valence-corrected chi connectivity index (χ4v) is 1.99. The summed E-state index contributed by atoms with van der Waals surface area (Å²) in [5.41, 5.74) is -2.23. The molecule has 12 heteroatoms. The molecule has 1 heterocycles. The normalized spacial score (nSPS) is 11.0. The number of nitrogens with one attached hydrogen (secondary N) is 2. The summed E-state index contributed by atoms with van der Waals surface area (Å²) in [6, 6.07) is 0.447. The van der Waals surface area contributed by atoms with Crippen molar-refractivity contribution in [1.82, 2.24) is 15.2 Å². The predicted molar refractivity (Wildman–Crippen MR) is 88.0 cm³/mol. The zero-order chi connectivity index (χ0) is 20.6. The Morgan fingerprint density at radius 3 is 2.48 bits per heavy atom. The Morgan fingerprint density at radius 2 is 1.89 bits per heavy atom. The summed E-state index contributed by atoms with van der Waals surface area (Å²) in [4.78, 5) is 46.1. The summed E-state index contributed by atoms with van der Waals surface area (Å²) in [6.45, 7) is 0.340. The zero-order valence-electron chi connectivity index (χ0n) is 14.2. The number of carbonyl (C=O) groups excluding carboxylic acids is 3. The molecule has 0 aliphatic rings. The number of pyridine rings is 1. The second-order valence-corrected chi connectivity index (χ2v) is 5.70. The third-order valence-corrected chi connectivity index (χ3v) is 3.32. The lowest BCUT2D eigenvalue weighted by Crippen LogP contribution is -2.39. The molecule has 0 fully saturated rings. The van der Waals surface area contributed by atoms with Crippen LogP contribution in [0.15, 0.2) is 17.1 Å². The number of hydrogen-bond donors (Lipinski definition) is 2. The van der Waals surface area contributed by atoms with Crippen LogP contribution < -0.4 is 16.2 Å². The van der Waals surface area contributed by atoms with E-state index in [2.05, 4.69) is 15.4 Å². The minimum absolute atomic E-state index is 0.320. The lowest BCUT2D eigenvalue weighted by atomic mass is 10.2. The van der Waals surface area contributed by atoms with E-state index >= 15 is 0 Å². The van der Waals surface area contributed by atoms with Gasteiger partial charge in [-0.2, -0.15) is 13.2 Å². The first-order valence-corrected chi connectivity index (χ1v) is 8.08. The van der Waals surface area contributed by atoms with E-state index in [0.717, 1.165) is 6.42 Å². The summed E-state index contributed by atoms with van der Waals surface area (Å²) in [5.74, 6) is -2.34. The molecule has 1 aromatic rings. The molecule has 27 heavy (non-hydrogen) atoms. The van der Waals surface area contributed by atoms with Crippen molar-refractivity contribution < 1.29 is 32.3 Å². The molecule has 0 spiro atoms. The Bertz CT molecular complexity index is 764. The molecular weight excluding hydrogens is 395 g/mol. The molecule has 0 saturated heterocycles. The molecule has 0 aliphatic heterocycles. The molecule has 150 valence electrons. The molecule has 1 rings (SSSR count). The predicted octanol–water partition coefficient (Wildman–Crippen LogP) is 0.706. The Labute approximate surface area is 156 Å². The number of esters is 1. The van der Waals surface area contributed by atoms with Crippen molar-refractivity contribution in [3.8, 4) is 0 Å². The van der Waals surface area contributed by atoms with Crippen LogP contribution in [0.3, 0.4) is 0 Å². The van der Waals surface area contributed by atoms with Gasteiger partial charge in [0.05, 0.1) is 12.1 Å². The van der Waals surface area contributed by atoms with Crippen LogP contribution in [0.5, 0.6) is 0 Å². The number of carbonyl (C=O) groups is 3. The summed E-state index contributed by atoms with van der Waals surface area (Å²) >= 11 is 5.46. The van der Waals surface area contributed by atoms with Crippen molar-refractivity contribution in [1.29, 1.82) is 0 Å². The fourth-order valence-electron chi connectivity index (χ4n) is 1.76. The van der Waals surface area contributed by atoms with E-state index in [1.54, 1.807) is 0 Å². The fraction of sp³-hybridized carbons (Fsp3) is 0.467. The summed E-state index contributed by atoms with van der Waals surface area (Å²) in [5, 5.41) is 3.99. The monoisotopic (exact) mass is 411 g/mol. The molecule has 8 nitrogen and oxygen atoms in total. The van der Waals surface area contributed by atoms with Gasteiger partial charge < -0.3 is 19.9 Å². The van der Waals surface area contributed by atoms with Crippen molar-refractivity contribution in [2.24, 2.45) is 0 Å². The maximum absolute atomic E-state index is 12.7. The standard InChI is InChI=1S/C15H17ClF3N3O5/c1-2-3-20-11(23)5-21-12(24)8-27-13(25)7-22-6-9(15(17,18)19)4-10(16)14(22)26/h4,6H,2-3,5,7-8H2,1H3,(H,20,23)(H,21,24). The molecule has 0 aliphatic carbocycles. The van der Waals surface area contributed by atoms with E-state index < -0.39 is 53.3 Å². The molecular formula is C15H17ClF3N3O5. The maximum atomic E-state index is 12.7. The second kappa shape index (κ2) is 9.95. The maximum Gasteiger partial charge on any atom is 0.417 e. The number of ether oxygens (including phenoxy) is 1. The van der Waals surface area contributed by atoms with E-state index in [4.69, 9.17) is 11.6 Å². The molecule has 0 atom stereocenters. The van der Waals surface area contributed by atoms with Crippen LogP contribution in [0.4, 0.5) is 13.2 Å². The van der Waals surface area contributed by atoms with E-state index in [1.165, 1.54) is 0 Å². The number of aromatic nitrogens is 1. The highest BCUT2D eigenvalue weighted by molar-refractivity contribution is 6.30. The van der Waals surface area contributed by atoms with Crippen LogP contribution in [-0.2, 0) is 31.8 Å². The third kappa shape index (κ3) is 7.69. The molecule has 2 amide bonds. The van der Waals surface area contributed by atoms with E-state index in [-0.39, 0.29) is 6.54 Å². The highest BCUT2D eigenvalue weighted by Gasteiger charge is 2.32. The summed E-state index contributed by atoms with van der Waals surface area (Å²) in [7, 11) is 0. The topological polar surface area (TPSA) is 106 Å². The third-order valence-electron chi connectivity index (χ3n) is 3.05. The van der Waals surface area contributed by atoms with Gasteiger partial charge in [-0.1, -0.05) is 18.5 Å². The first-order chi connectivity index (χ1) is 12.5. The number of nitrogens with zero attached hydrogens (tertiary/aromatic N) is 1. The van der Waals surface area contributed by atoms with Crippen molar-refractivity contribution in [3.63, 3.8) is 0 Å². The minimum atomic E-state index is -4.76. The van der Waals surface area contributed by atoms with Gasteiger partial charge in [-0.05, 0) is 12.5 Å². The van der Waals surface area contributed by atoms with Gasteiger partial charge in [0.25, 0.3) is 11.5 Å². The largest absolute Gasteiger partial charge is 0.454 e. The van der Waals surface area contributed by atoms with E-state index in [1.807, 2.05) is 6.92 Å². The average Bonchev–Trinajstić information content (AvgIpc) is 2.59. The number of rotatable bonds is 8. The molecule has 0 unspecified atom stereocenters. The highest BCUT2D eigenvalue weighted by Crippen LogP contribution is 2.29. The second-order valence-electron chi connectivity index (χ2n) is 5.29. The lowest BCUT2D eigenvalue weighted by Gasteiger charge is -2.11. The Hall–Kier alpha value is -2.56. The van der Waals surface area contributed by atoms with Gasteiger partial charge in [0.2, 0.25) is 5.91 Å². The van der Waals surface area contributed by atoms with Crippen LogP contribution in [-0.4, -0.2) is 42.0 Å². The zero-order valence-corrected chi connectivity index (χ0v) is 14.9. The van der Waals surface area contributed by atoms with Gasteiger partial charge in [0.15, 0.2) is 6.61 Å². The quantitative estimate of drug-likeness (QED) is 0.613. The lowest BCUT2D eigenvalue weighted by molar-refractivity contribution is -0.149. The molecule has 0 saturated carbocycles. The first kappa shape index (κ1) is 22.5. The van der Waals surface area contributed by atoms with Gasteiger partial charge in [0, 0.05) is 12.7 Å². The molecule has 1 aromatic heterocycles. The van der Waals surface area contributed by atoms with Crippen LogP contribution >= 0.6 is 11.6 Å². The SMILES string of the molecule is CCCNC(=O)CNC(=O)COC(=O)Cn1cc(C(F)(F)F)cc(Cl)c1=O. The number of alkyl halides is 3. The minimum Gasteiger partial charge on any atom is -0.454 e. The van der Waals surface area contributed by atoms with Crippen molar-refractivity contribution in [3.05, 3.63) is 33.2 Å². The molecule has 0 radical (unpaired) electrons. The number of halogens is 4. The van der Waals surface area contributed by atoms with Crippen LogP contribution in [0.25, 0.3) is 0 Å². The molecule has 2 N–H and O–H groups in total. The van der Waals surface area contributed by atoms with Crippen LogP contribution in [0.2, 0.25) is 5.02 Å². The Kier molecular flexibility index (Phi) is 8.29. The first-order valence-electron chi connectivity index (χ1n) is 7.70.